The summed E-state index contributed by atoms with van der Waals surface area (Å²) in [4.78, 5) is 29.0. The molecule has 3 amide bonds. The van der Waals surface area contributed by atoms with E-state index in [1.807, 2.05) is 24.3 Å². The Morgan fingerprint density at radius 1 is 1.11 bits per heavy atom. The van der Waals surface area contributed by atoms with Gasteiger partial charge in [0, 0.05) is 26.2 Å². The summed E-state index contributed by atoms with van der Waals surface area (Å²) in [6.07, 6.45) is 1.97. The van der Waals surface area contributed by atoms with Crippen LogP contribution in [-0.4, -0.2) is 67.2 Å². The molecule has 7 nitrogen and oxygen atoms in total. The Kier molecular flexibility index (Phi) is 6.44. The summed E-state index contributed by atoms with van der Waals surface area (Å²) in [5.41, 5.74) is -0.707. The molecule has 7 heteroatoms. The van der Waals surface area contributed by atoms with Crippen LogP contribution in [0, 0.1) is 5.92 Å². The molecule has 2 fully saturated rings. The average molecular weight is 389 g/mol. The van der Waals surface area contributed by atoms with E-state index >= 15 is 0 Å². The van der Waals surface area contributed by atoms with Crippen molar-refractivity contribution >= 4 is 11.9 Å². The van der Waals surface area contributed by atoms with Crippen LogP contribution in [0.15, 0.2) is 24.3 Å². The molecule has 0 radical (unpaired) electrons. The van der Waals surface area contributed by atoms with Crippen molar-refractivity contribution in [2.75, 3.05) is 39.9 Å². The maximum atomic E-state index is 12.9. The van der Waals surface area contributed by atoms with Gasteiger partial charge >= 0.3 is 6.03 Å². The Morgan fingerprint density at radius 3 is 2.36 bits per heavy atom. The van der Waals surface area contributed by atoms with Gasteiger partial charge in [-0.1, -0.05) is 13.8 Å². The Labute approximate surface area is 167 Å². The van der Waals surface area contributed by atoms with Crippen LogP contribution in [0.5, 0.6) is 11.5 Å². The van der Waals surface area contributed by atoms with Gasteiger partial charge in [-0.3, -0.25) is 9.69 Å². The molecular formula is C21H31N3O4. The summed E-state index contributed by atoms with van der Waals surface area (Å²) in [5, 5.41) is 2.97. The molecule has 2 saturated heterocycles. The third kappa shape index (κ3) is 4.58. The number of carbonyl (C=O) groups excluding carboxylic acids is 2. The van der Waals surface area contributed by atoms with Crippen LogP contribution in [0.4, 0.5) is 4.79 Å². The minimum atomic E-state index is -0.707. The van der Waals surface area contributed by atoms with Crippen LogP contribution < -0.4 is 14.8 Å². The number of nitrogens with one attached hydrogen (secondary N) is 1. The molecule has 0 bridgehead atoms. The van der Waals surface area contributed by atoms with Crippen molar-refractivity contribution < 1.29 is 19.1 Å². The van der Waals surface area contributed by atoms with E-state index in [0.717, 1.165) is 31.1 Å². The standard InChI is InChI=1S/C21H31N3O4/c1-16(2)15-23-12-9-21(10-13-23)19(25)24(20(26)22-21)11-4-14-28-18-7-5-17(27-3)6-8-18/h5-8,16H,4,9-15H2,1-3H3,(H,22,26). The number of ether oxygens (including phenoxy) is 2. The van der Waals surface area contributed by atoms with E-state index in [-0.39, 0.29) is 11.9 Å². The summed E-state index contributed by atoms with van der Waals surface area (Å²) in [6.45, 7) is 7.93. The Balaban J connectivity index is 1.46. The van der Waals surface area contributed by atoms with Crippen LogP contribution in [0.2, 0.25) is 0 Å². The summed E-state index contributed by atoms with van der Waals surface area (Å²) < 4.78 is 10.8. The predicted molar refractivity (Wildman–Crippen MR) is 107 cm³/mol. The number of rotatable bonds is 8. The molecule has 0 saturated carbocycles. The van der Waals surface area contributed by atoms with Gasteiger partial charge in [0.2, 0.25) is 0 Å². The van der Waals surface area contributed by atoms with E-state index in [0.29, 0.717) is 38.3 Å². The molecule has 3 rings (SSSR count). The molecule has 0 aromatic heterocycles. The fourth-order valence-corrected chi connectivity index (χ4v) is 3.94. The zero-order valence-corrected chi connectivity index (χ0v) is 17.1. The van der Waals surface area contributed by atoms with Crippen LogP contribution in [0.25, 0.3) is 0 Å². The largest absolute Gasteiger partial charge is 0.497 e. The van der Waals surface area contributed by atoms with Crippen molar-refractivity contribution in [3.05, 3.63) is 24.3 Å². The first-order chi connectivity index (χ1) is 13.4. The van der Waals surface area contributed by atoms with Crippen molar-refractivity contribution in [3.8, 4) is 11.5 Å². The lowest BCUT2D eigenvalue weighted by Crippen LogP contribution is -2.55. The monoisotopic (exact) mass is 389 g/mol. The second kappa shape index (κ2) is 8.82. The molecule has 2 heterocycles. The van der Waals surface area contributed by atoms with Crippen LogP contribution in [0.1, 0.15) is 33.1 Å². The van der Waals surface area contributed by atoms with Gasteiger partial charge in [0.15, 0.2) is 0 Å². The predicted octanol–water partition coefficient (Wildman–Crippen LogP) is 2.51. The number of benzene rings is 1. The summed E-state index contributed by atoms with van der Waals surface area (Å²) in [5.74, 6) is 2.04. The molecule has 1 spiro atoms. The van der Waals surface area contributed by atoms with Gasteiger partial charge in [0.05, 0.1) is 13.7 Å². The molecular weight excluding hydrogens is 358 g/mol. The van der Waals surface area contributed by atoms with Gasteiger partial charge in [-0.25, -0.2) is 4.79 Å². The smallest absolute Gasteiger partial charge is 0.325 e. The number of likely N-dealkylation sites (tertiary alicyclic amines) is 1. The average Bonchev–Trinajstić information content (AvgIpc) is 2.91. The van der Waals surface area contributed by atoms with Gasteiger partial charge in [-0.15, -0.1) is 0 Å². The van der Waals surface area contributed by atoms with E-state index in [4.69, 9.17) is 9.47 Å². The molecule has 0 atom stereocenters. The lowest BCUT2D eigenvalue weighted by molar-refractivity contribution is -0.133. The molecule has 28 heavy (non-hydrogen) atoms. The molecule has 2 aliphatic heterocycles. The molecule has 0 unspecified atom stereocenters. The molecule has 1 aromatic rings. The highest BCUT2D eigenvalue weighted by Crippen LogP contribution is 2.30. The fourth-order valence-electron chi connectivity index (χ4n) is 3.94. The first-order valence-corrected chi connectivity index (χ1v) is 10.1. The van der Waals surface area contributed by atoms with Crippen molar-refractivity contribution in [1.29, 1.82) is 0 Å². The number of methoxy groups -OCH3 is 1. The van der Waals surface area contributed by atoms with Gasteiger partial charge in [-0.2, -0.15) is 0 Å². The molecule has 2 aliphatic rings. The molecule has 0 aliphatic carbocycles. The fraction of sp³-hybridized carbons (Fsp3) is 0.619. The van der Waals surface area contributed by atoms with E-state index in [1.54, 1.807) is 7.11 Å². The third-order valence-electron chi connectivity index (χ3n) is 5.43. The van der Waals surface area contributed by atoms with Crippen molar-refractivity contribution in [1.82, 2.24) is 15.1 Å². The van der Waals surface area contributed by atoms with E-state index in [1.165, 1.54) is 4.90 Å². The normalized spacial score (nSPS) is 19.4. The first kappa shape index (κ1) is 20.5. The number of amides is 3. The van der Waals surface area contributed by atoms with Gasteiger partial charge in [0.25, 0.3) is 5.91 Å². The quantitative estimate of drug-likeness (QED) is 0.546. The summed E-state index contributed by atoms with van der Waals surface area (Å²) in [6, 6.07) is 7.08. The maximum Gasteiger partial charge on any atom is 0.325 e. The van der Waals surface area contributed by atoms with Crippen molar-refractivity contribution in [2.24, 2.45) is 5.92 Å². The highest BCUT2D eigenvalue weighted by atomic mass is 16.5. The van der Waals surface area contributed by atoms with E-state index < -0.39 is 5.54 Å². The number of piperidine rings is 1. The van der Waals surface area contributed by atoms with Gasteiger partial charge in [0.1, 0.15) is 17.0 Å². The van der Waals surface area contributed by atoms with Crippen LogP contribution in [0.3, 0.4) is 0 Å². The highest BCUT2D eigenvalue weighted by molar-refractivity contribution is 6.07. The van der Waals surface area contributed by atoms with E-state index in [2.05, 4.69) is 24.1 Å². The zero-order chi connectivity index (χ0) is 20.1. The minimum Gasteiger partial charge on any atom is -0.497 e. The molecule has 1 aromatic carbocycles. The Hall–Kier alpha value is -2.28. The number of hydrogen-bond acceptors (Lipinski definition) is 5. The first-order valence-electron chi connectivity index (χ1n) is 10.1. The molecule has 154 valence electrons. The van der Waals surface area contributed by atoms with Crippen molar-refractivity contribution in [2.45, 2.75) is 38.6 Å². The highest BCUT2D eigenvalue weighted by Gasteiger charge is 2.51. The second-order valence-corrected chi connectivity index (χ2v) is 8.04. The Bertz CT molecular complexity index is 681. The third-order valence-corrected chi connectivity index (χ3v) is 5.43. The SMILES string of the molecule is COc1ccc(OCCCN2C(=O)NC3(CCN(CC(C)C)CC3)C2=O)cc1. The number of carbonyl (C=O) groups is 2. The lowest BCUT2D eigenvalue weighted by atomic mass is 9.87. The number of hydrogen-bond donors (Lipinski definition) is 1. The van der Waals surface area contributed by atoms with E-state index in [9.17, 15) is 9.59 Å². The molecule has 1 N–H and O–H groups in total. The number of nitrogens with zero attached hydrogens (tertiary/aromatic N) is 2. The maximum absolute atomic E-state index is 12.9. The van der Waals surface area contributed by atoms with Crippen molar-refractivity contribution in [3.63, 3.8) is 0 Å². The summed E-state index contributed by atoms with van der Waals surface area (Å²) in [7, 11) is 1.62. The Morgan fingerprint density at radius 2 is 1.75 bits per heavy atom. The number of urea groups is 1. The summed E-state index contributed by atoms with van der Waals surface area (Å²) >= 11 is 0. The van der Waals surface area contributed by atoms with Gasteiger partial charge < -0.3 is 19.7 Å². The van der Waals surface area contributed by atoms with Gasteiger partial charge in [-0.05, 0) is 49.4 Å². The topological polar surface area (TPSA) is 71.1 Å². The lowest BCUT2D eigenvalue weighted by Gasteiger charge is -2.37. The zero-order valence-electron chi connectivity index (χ0n) is 17.1. The van der Waals surface area contributed by atoms with Crippen LogP contribution >= 0.6 is 0 Å². The number of imide groups is 1. The minimum absolute atomic E-state index is 0.0776. The second-order valence-electron chi connectivity index (χ2n) is 8.04. The van der Waals surface area contributed by atoms with Crippen LogP contribution in [-0.2, 0) is 4.79 Å².